The number of nitrogens with one attached hydrogen (secondary N) is 1. The molecule has 5 nitrogen and oxygen atoms in total. The highest BCUT2D eigenvalue weighted by Gasteiger charge is 2.41. The number of anilines is 1. The van der Waals surface area contributed by atoms with Gasteiger partial charge in [0.2, 0.25) is 0 Å². The largest absolute Gasteiger partial charge is 0.407 e. The summed E-state index contributed by atoms with van der Waals surface area (Å²) in [6.07, 6.45) is -4.53. The number of carbonyl (C=O) groups is 1. The zero-order valence-corrected chi connectivity index (χ0v) is 15.5. The molecule has 0 spiro atoms. The standard InChI is InChI=1S/C20H16F4N4O/c1-11-8-12(4-6-15(11)21)17-10-19(2,28-27-17)18(29)26-13-5-7-16(25-3)14(9-13)20(22,23)24/h4-9,17H,10H2,1-2H3,(H,26,29). The molecule has 1 N–H and O–H groups in total. The van der Waals surface area contributed by atoms with E-state index in [4.69, 9.17) is 6.57 Å². The van der Waals surface area contributed by atoms with Gasteiger partial charge >= 0.3 is 6.18 Å². The molecule has 0 aliphatic carbocycles. The van der Waals surface area contributed by atoms with Crippen LogP contribution in [0.25, 0.3) is 4.85 Å². The van der Waals surface area contributed by atoms with Crippen molar-refractivity contribution in [2.24, 2.45) is 10.2 Å². The van der Waals surface area contributed by atoms with Crippen LogP contribution in [0.5, 0.6) is 0 Å². The molecule has 0 fully saturated rings. The number of carbonyl (C=O) groups excluding carboxylic acids is 1. The second kappa shape index (κ2) is 7.28. The monoisotopic (exact) mass is 404 g/mol. The fraction of sp³-hybridized carbons (Fsp3) is 0.300. The molecule has 2 aromatic rings. The van der Waals surface area contributed by atoms with Gasteiger partial charge in [0.25, 0.3) is 5.91 Å². The minimum Gasteiger partial charge on any atom is -0.324 e. The zero-order chi connectivity index (χ0) is 21.4. The van der Waals surface area contributed by atoms with E-state index >= 15 is 0 Å². The molecule has 2 unspecified atom stereocenters. The summed E-state index contributed by atoms with van der Waals surface area (Å²) in [6.45, 7) is 10.0. The van der Waals surface area contributed by atoms with Gasteiger partial charge in [0.15, 0.2) is 11.2 Å². The number of benzene rings is 2. The maximum absolute atomic E-state index is 13.5. The van der Waals surface area contributed by atoms with E-state index in [1.165, 1.54) is 19.1 Å². The molecular weight excluding hydrogens is 388 g/mol. The van der Waals surface area contributed by atoms with Crippen LogP contribution in [0.4, 0.5) is 28.9 Å². The average molecular weight is 404 g/mol. The Hall–Kier alpha value is -3.28. The molecule has 2 atom stereocenters. The van der Waals surface area contributed by atoms with Crippen molar-refractivity contribution >= 4 is 17.3 Å². The van der Waals surface area contributed by atoms with Gasteiger partial charge in [0.05, 0.1) is 18.2 Å². The summed E-state index contributed by atoms with van der Waals surface area (Å²) in [6, 6.07) is 7.01. The fourth-order valence-corrected chi connectivity index (χ4v) is 3.06. The predicted molar refractivity (Wildman–Crippen MR) is 98.1 cm³/mol. The minimum atomic E-state index is -4.72. The lowest BCUT2D eigenvalue weighted by Crippen LogP contribution is -2.37. The van der Waals surface area contributed by atoms with Crippen LogP contribution in [-0.4, -0.2) is 11.4 Å². The smallest absolute Gasteiger partial charge is 0.324 e. The highest BCUT2D eigenvalue weighted by molar-refractivity contribution is 5.98. The Morgan fingerprint density at radius 3 is 2.62 bits per heavy atom. The van der Waals surface area contributed by atoms with E-state index in [1.807, 2.05) is 0 Å². The summed E-state index contributed by atoms with van der Waals surface area (Å²) in [5.74, 6) is -0.973. The number of aryl methyl sites for hydroxylation is 1. The molecule has 1 aliphatic heterocycles. The lowest BCUT2D eigenvalue weighted by atomic mass is 9.91. The first kappa shape index (κ1) is 20.5. The highest BCUT2D eigenvalue weighted by Crippen LogP contribution is 2.40. The summed E-state index contributed by atoms with van der Waals surface area (Å²) >= 11 is 0. The van der Waals surface area contributed by atoms with Gasteiger partial charge in [-0.1, -0.05) is 18.2 Å². The Balaban J connectivity index is 1.79. The van der Waals surface area contributed by atoms with Gasteiger partial charge in [-0.15, -0.1) is 0 Å². The van der Waals surface area contributed by atoms with Gasteiger partial charge in [0.1, 0.15) is 5.82 Å². The lowest BCUT2D eigenvalue weighted by Gasteiger charge is -2.20. The van der Waals surface area contributed by atoms with E-state index < -0.39 is 34.9 Å². The molecule has 1 heterocycles. The fourth-order valence-electron chi connectivity index (χ4n) is 3.06. The first-order valence-electron chi connectivity index (χ1n) is 8.62. The number of rotatable bonds is 3. The van der Waals surface area contributed by atoms with Crippen LogP contribution >= 0.6 is 0 Å². The highest BCUT2D eigenvalue weighted by atomic mass is 19.4. The van der Waals surface area contributed by atoms with Crippen molar-refractivity contribution in [3.63, 3.8) is 0 Å². The molecule has 0 bridgehead atoms. The molecule has 150 valence electrons. The van der Waals surface area contributed by atoms with Crippen LogP contribution in [0.2, 0.25) is 0 Å². The maximum Gasteiger partial charge on any atom is 0.407 e. The number of azo groups is 1. The molecule has 0 aromatic heterocycles. The predicted octanol–water partition coefficient (Wildman–Crippen LogP) is 6.00. The van der Waals surface area contributed by atoms with Gasteiger partial charge < -0.3 is 5.32 Å². The van der Waals surface area contributed by atoms with Gasteiger partial charge in [-0.2, -0.15) is 23.4 Å². The molecule has 2 aromatic carbocycles. The molecule has 1 aliphatic rings. The Labute approximate surface area is 164 Å². The van der Waals surface area contributed by atoms with Gasteiger partial charge in [-0.3, -0.25) is 4.79 Å². The quantitative estimate of drug-likeness (QED) is 0.495. The van der Waals surface area contributed by atoms with Gasteiger partial charge in [-0.25, -0.2) is 9.24 Å². The minimum absolute atomic E-state index is 0.0905. The Morgan fingerprint density at radius 2 is 2.00 bits per heavy atom. The first-order valence-corrected chi connectivity index (χ1v) is 8.62. The second-order valence-corrected chi connectivity index (χ2v) is 7.01. The van der Waals surface area contributed by atoms with Crippen molar-refractivity contribution in [1.82, 2.24) is 0 Å². The Morgan fingerprint density at radius 1 is 1.28 bits per heavy atom. The molecular formula is C20H16F4N4O. The zero-order valence-electron chi connectivity index (χ0n) is 15.5. The first-order chi connectivity index (χ1) is 13.5. The summed E-state index contributed by atoms with van der Waals surface area (Å²) in [5.41, 5.74) is -1.91. The van der Waals surface area contributed by atoms with Crippen LogP contribution in [0.15, 0.2) is 46.6 Å². The summed E-state index contributed by atoms with van der Waals surface area (Å²) in [5, 5.41) is 10.6. The van der Waals surface area contributed by atoms with Crippen molar-refractivity contribution in [2.75, 3.05) is 5.32 Å². The van der Waals surface area contributed by atoms with Crippen LogP contribution in [-0.2, 0) is 11.0 Å². The van der Waals surface area contributed by atoms with E-state index in [0.29, 0.717) is 11.1 Å². The summed E-state index contributed by atoms with van der Waals surface area (Å²) < 4.78 is 52.8. The summed E-state index contributed by atoms with van der Waals surface area (Å²) in [4.78, 5) is 15.5. The number of hydrogen-bond acceptors (Lipinski definition) is 3. The number of halogens is 4. The number of hydrogen-bond donors (Lipinski definition) is 1. The topological polar surface area (TPSA) is 58.2 Å². The van der Waals surface area contributed by atoms with Crippen LogP contribution < -0.4 is 5.32 Å². The molecule has 0 radical (unpaired) electrons. The SMILES string of the molecule is [C-]#[N+]c1ccc(NC(=O)C2(C)CC(c3ccc(F)c(C)c3)N=N2)cc1C(F)(F)F. The van der Waals surface area contributed by atoms with E-state index in [1.54, 1.807) is 19.1 Å². The van der Waals surface area contributed by atoms with Crippen molar-refractivity contribution < 1.29 is 22.4 Å². The normalized spacial score (nSPS) is 21.1. The Bertz CT molecular complexity index is 1040. The van der Waals surface area contributed by atoms with Crippen molar-refractivity contribution in [3.05, 3.63) is 70.3 Å². The van der Waals surface area contributed by atoms with Gasteiger partial charge in [0, 0.05) is 12.1 Å². The van der Waals surface area contributed by atoms with Crippen LogP contribution in [0.3, 0.4) is 0 Å². The number of alkyl halides is 3. The molecule has 0 saturated carbocycles. The van der Waals surface area contributed by atoms with E-state index in [9.17, 15) is 22.4 Å². The third kappa shape index (κ3) is 4.11. The lowest BCUT2D eigenvalue weighted by molar-refractivity contribution is -0.136. The van der Waals surface area contributed by atoms with Crippen LogP contribution in [0, 0.1) is 19.3 Å². The molecule has 29 heavy (non-hydrogen) atoms. The molecule has 1 amide bonds. The third-order valence-electron chi connectivity index (χ3n) is 4.74. The number of amides is 1. The summed E-state index contributed by atoms with van der Waals surface area (Å²) in [7, 11) is 0. The Kier molecular flexibility index (Phi) is 5.13. The van der Waals surface area contributed by atoms with Crippen molar-refractivity contribution in [3.8, 4) is 0 Å². The van der Waals surface area contributed by atoms with E-state index in [-0.39, 0.29) is 17.9 Å². The van der Waals surface area contributed by atoms with Crippen molar-refractivity contribution in [1.29, 1.82) is 0 Å². The third-order valence-corrected chi connectivity index (χ3v) is 4.74. The van der Waals surface area contributed by atoms with Crippen molar-refractivity contribution in [2.45, 2.75) is 38.0 Å². The van der Waals surface area contributed by atoms with Crippen LogP contribution in [0.1, 0.15) is 36.1 Å². The number of nitrogens with zero attached hydrogens (tertiary/aromatic N) is 3. The second-order valence-electron chi connectivity index (χ2n) is 7.01. The maximum atomic E-state index is 13.5. The van der Waals surface area contributed by atoms with E-state index in [0.717, 1.165) is 12.1 Å². The van der Waals surface area contributed by atoms with Gasteiger partial charge in [-0.05, 0) is 43.2 Å². The molecule has 0 saturated heterocycles. The average Bonchev–Trinajstić information content (AvgIpc) is 3.07. The molecule has 3 rings (SSSR count). The van der Waals surface area contributed by atoms with E-state index in [2.05, 4.69) is 20.4 Å². The molecule has 9 heteroatoms.